The highest BCUT2D eigenvalue weighted by molar-refractivity contribution is 5.87. The second-order valence-electron chi connectivity index (χ2n) is 6.41. The van der Waals surface area contributed by atoms with Gasteiger partial charge in [0.25, 0.3) is 0 Å². The number of para-hydroxylation sites is 1. The normalized spacial score (nSPS) is 10.6. The van der Waals surface area contributed by atoms with Gasteiger partial charge in [0.15, 0.2) is 0 Å². The second kappa shape index (κ2) is 10.2. The van der Waals surface area contributed by atoms with E-state index < -0.39 is 0 Å². The van der Waals surface area contributed by atoms with Gasteiger partial charge in [-0.05, 0) is 36.1 Å². The topological polar surface area (TPSA) is 38.3 Å². The van der Waals surface area contributed by atoms with Crippen molar-refractivity contribution in [1.29, 1.82) is 0 Å². The van der Waals surface area contributed by atoms with Crippen LogP contribution in [0.25, 0.3) is 0 Å². The molecule has 0 saturated carbocycles. The summed E-state index contributed by atoms with van der Waals surface area (Å²) in [5.41, 5.74) is 2.02. The molecule has 1 N–H and O–H groups in total. The molecule has 0 heterocycles. The smallest absolute Gasteiger partial charge is 0.232 e. The first-order valence-electron chi connectivity index (χ1n) is 9.40. The van der Waals surface area contributed by atoms with Crippen molar-refractivity contribution in [1.82, 2.24) is 5.32 Å². The van der Waals surface area contributed by atoms with Gasteiger partial charge in [0.05, 0.1) is 12.5 Å². The molecule has 0 aliphatic rings. The summed E-state index contributed by atoms with van der Waals surface area (Å²) in [5.74, 6) is 0.638. The summed E-state index contributed by atoms with van der Waals surface area (Å²) in [6.07, 6.45) is 1.78. The number of carbonyl (C=O) groups excluding carboxylic acids is 1. The Kier molecular flexibility index (Phi) is 7.05. The van der Waals surface area contributed by atoms with Gasteiger partial charge in [-0.1, -0.05) is 78.9 Å². The molecule has 27 heavy (non-hydrogen) atoms. The van der Waals surface area contributed by atoms with Crippen LogP contribution in [0.1, 0.15) is 29.9 Å². The first-order valence-corrected chi connectivity index (χ1v) is 9.40. The standard InChI is InChI=1S/C24H25NO2/c26-24(25-18-10-11-19-27-22-16-8-3-9-17-22)23(20-12-4-1-5-13-20)21-14-6-2-7-15-21/h1-9,12-17,23H,10-11,18-19H2,(H,25,26). The Morgan fingerprint density at radius 3 is 1.81 bits per heavy atom. The number of ether oxygens (including phenoxy) is 1. The quantitative estimate of drug-likeness (QED) is 0.558. The summed E-state index contributed by atoms with van der Waals surface area (Å²) in [7, 11) is 0. The van der Waals surface area contributed by atoms with Crippen LogP contribution < -0.4 is 10.1 Å². The van der Waals surface area contributed by atoms with Crippen LogP contribution in [-0.4, -0.2) is 19.1 Å². The zero-order valence-electron chi connectivity index (χ0n) is 15.4. The van der Waals surface area contributed by atoms with Crippen LogP contribution >= 0.6 is 0 Å². The Morgan fingerprint density at radius 2 is 1.26 bits per heavy atom. The maximum atomic E-state index is 12.9. The maximum absolute atomic E-state index is 12.9. The van der Waals surface area contributed by atoms with Crippen LogP contribution in [0.3, 0.4) is 0 Å². The summed E-state index contributed by atoms with van der Waals surface area (Å²) in [4.78, 5) is 12.9. The van der Waals surface area contributed by atoms with Gasteiger partial charge >= 0.3 is 0 Å². The third-order valence-corrected chi connectivity index (χ3v) is 4.41. The summed E-state index contributed by atoms with van der Waals surface area (Å²) < 4.78 is 5.69. The molecule has 0 radical (unpaired) electrons. The van der Waals surface area contributed by atoms with E-state index in [-0.39, 0.29) is 11.8 Å². The molecule has 3 nitrogen and oxygen atoms in total. The van der Waals surface area contributed by atoms with Gasteiger partial charge < -0.3 is 10.1 Å². The van der Waals surface area contributed by atoms with Gasteiger partial charge in [-0.3, -0.25) is 4.79 Å². The Balaban J connectivity index is 1.50. The monoisotopic (exact) mass is 359 g/mol. The summed E-state index contributed by atoms with van der Waals surface area (Å²) >= 11 is 0. The minimum absolute atomic E-state index is 0.0383. The van der Waals surface area contributed by atoms with Crippen molar-refractivity contribution in [3.05, 3.63) is 102 Å². The Morgan fingerprint density at radius 1 is 0.741 bits per heavy atom. The molecule has 3 aromatic carbocycles. The van der Waals surface area contributed by atoms with Crippen LogP contribution in [-0.2, 0) is 4.79 Å². The van der Waals surface area contributed by atoms with E-state index in [9.17, 15) is 4.79 Å². The summed E-state index contributed by atoms with van der Waals surface area (Å²) in [6, 6.07) is 29.6. The number of amides is 1. The van der Waals surface area contributed by atoms with E-state index in [1.54, 1.807) is 0 Å². The van der Waals surface area contributed by atoms with E-state index >= 15 is 0 Å². The zero-order valence-corrected chi connectivity index (χ0v) is 15.4. The number of rotatable bonds is 9. The number of hydrogen-bond donors (Lipinski definition) is 1. The molecule has 0 bridgehead atoms. The molecule has 3 aromatic rings. The molecule has 0 aliphatic heterocycles. The SMILES string of the molecule is O=C(NCCCCOc1ccccc1)C(c1ccccc1)c1ccccc1. The molecule has 0 aliphatic carbocycles. The van der Waals surface area contributed by atoms with Crippen molar-refractivity contribution in [3.8, 4) is 5.75 Å². The molecular formula is C24H25NO2. The van der Waals surface area contributed by atoms with Crippen LogP contribution in [0.4, 0.5) is 0 Å². The molecular weight excluding hydrogens is 334 g/mol. The molecule has 0 saturated heterocycles. The first-order chi connectivity index (χ1) is 13.3. The molecule has 0 aromatic heterocycles. The van der Waals surface area contributed by atoms with E-state index in [0.29, 0.717) is 13.2 Å². The molecule has 3 heteroatoms. The van der Waals surface area contributed by atoms with E-state index in [1.165, 1.54) is 0 Å². The van der Waals surface area contributed by atoms with Crippen molar-refractivity contribution in [2.24, 2.45) is 0 Å². The van der Waals surface area contributed by atoms with Crippen LogP contribution in [0.2, 0.25) is 0 Å². The number of unbranched alkanes of at least 4 members (excludes halogenated alkanes) is 1. The Hall–Kier alpha value is -3.07. The number of nitrogens with one attached hydrogen (secondary N) is 1. The predicted octanol–water partition coefficient (Wildman–Crippen LogP) is 4.79. The lowest BCUT2D eigenvalue weighted by molar-refractivity contribution is -0.121. The van der Waals surface area contributed by atoms with Crippen molar-refractivity contribution in [2.45, 2.75) is 18.8 Å². The number of carbonyl (C=O) groups is 1. The first kappa shape index (κ1) is 18.7. The van der Waals surface area contributed by atoms with Crippen LogP contribution in [0.15, 0.2) is 91.0 Å². The summed E-state index contributed by atoms with van der Waals surface area (Å²) in [6.45, 7) is 1.30. The second-order valence-corrected chi connectivity index (χ2v) is 6.41. The highest BCUT2D eigenvalue weighted by Gasteiger charge is 2.21. The minimum atomic E-state index is -0.284. The van der Waals surface area contributed by atoms with Crippen molar-refractivity contribution in [3.63, 3.8) is 0 Å². The van der Waals surface area contributed by atoms with E-state index in [0.717, 1.165) is 29.7 Å². The van der Waals surface area contributed by atoms with Gasteiger partial charge in [-0.2, -0.15) is 0 Å². The average Bonchev–Trinajstić information content (AvgIpc) is 2.73. The molecule has 0 unspecified atom stereocenters. The third-order valence-electron chi connectivity index (χ3n) is 4.41. The van der Waals surface area contributed by atoms with Gasteiger partial charge in [0.2, 0.25) is 5.91 Å². The lowest BCUT2D eigenvalue weighted by Gasteiger charge is -2.18. The van der Waals surface area contributed by atoms with Crippen LogP contribution in [0, 0.1) is 0 Å². The van der Waals surface area contributed by atoms with Gasteiger partial charge in [-0.25, -0.2) is 0 Å². The zero-order chi connectivity index (χ0) is 18.7. The molecule has 3 rings (SSSR count). The van der Waals surface area contributed by atoms with Gasteiger partial charge in [0, 0.05) is 6.54 Å². The number of benzene rings is 3. The molecule has 138 valence electrons. The van der Waals surface area contributed by atoms with Crippen LogP contribution in [0.5, 0.6) is 5.75 Å². The lowest BCUT2D eigenvalue weighted by atomic mass is 9.90. The van der Waals surface area contributed by atoms with Gasteiger partial charge in [-0.15, -0.1) is 0 Å². The minimum Gasteiger partial charge on any atom is -0.494 e. The average molecular weight is 359 g/mol. The van der Waals surface area contributed by atoms with Gasteiger partial charge in [0.1, 0.15) is 5.75 Å². The van der Waals surface area contributed by atoms with Crippen molar-refractivity contribution in [2.75, 3.05) is 13.2 Å². The molecule has 0 fully saturated rings. The Labute approximate surface area is 161 Å². The maximum Gasteiger partial charge on any atom is 0.232 e. The van der Waals surface area contributed by atoms with Crippen molar-refractivity contribution >= 4 is 5.91 Å². The number of hydrogen-bond acceptors (Lipinski definition) is 2. The molecule has 0 atom stereocenters. The van der Waals surface area contributed by atoms with Crippen molar-refractivity contribution < 1.29 is 9.53 Å². The Bertz CT molecular complexity index is 764. The molecule has 0 spiro atoms. The van der Waals surface area contributed by atoms with E-state index in [2.05, 4.69) is 5.32 Å². The highest BCUT2D eigenvalue weighted by atomic mass is 16.5. The lowest BCUT2D eigenvalue weighted by Crippen LogP contribution is -2.31. The fourth-order valence-corrected chi connectivity index (χ4v) is 3.03. The fourth-order valence-electron chi connectivity index (χ4n) is 3.03. The fraction of sp³-hybridized carbons (Fsp3) is 0.208. The summed E-state index contributed by atoms with van der Waals surface area (Å²) in [5, 5.41) is 3.08. The van der Waals surface area contributed by atoms with E-state index in [1.807, 2.05) is 91.0 Å². The highest BCUT2D eigenvalue weighted by Crippen LogP contribution is 2.24. The van der Waals surface area contributed by atoms with E-state index in [4.69, 9.17) is 4.74 Å². The largest absolute Gasteiger partial charge is 0.494 e. The third kappa shape index (κ3) is 5.71. The molecule has 1 amide bonds. The predicted molar refractivity (Wildman–Crippen MR) is 109 cm³/mol.